The van der Waals surface area contributed by atoms with E-state index in [-0.39, 0.29) is 11.6 Å². The maximum Gasteiger partial charge on any atom is 0.282 e. The molecule has 1 aliphatic heterocycles. The molecule has 0 saturated carbocycles. The van der Waals surface area contributed by atoms with Gasteiger partial charge in [0, 0.05) is 15.6 Å². The molecule has 0 aromatic heterocycles. The third kappa shape index (κ3) is 3.92. The highest BCUT2D eigenvalue weighted by Crippen LogP contribution is 2.31. The Kier molecular flexibility index (Phi) is 5.41. The lowest BCUT2D eigenvalue weighted by Gasteiger charge is -2.19. The zero-order chi connectivity index (χ0) is 20.5. The smallest absolute Gasteiger partial charge is 0.266 e. The van der Waals surface area contributed by atoms with Gasteiger partial charge in [-0.1, -0.05) is 53.0 Å². The monoisotopic (exact) mass is 444 g/mol. The summed E-state index contributed by atoms with van der Waals surface area (Å²) in [6, 6.07) is 17.6. The molecule has 3 aromatic carbocycles. The number of anilines is 1. The predicted molar refractivity (Wildman–Crippen MR) is 116 cm³/mol. The third-order valence-corrected chi connectivity index (χ3v) is 5.21. The molecule has 0 radical (unpaired) electrons. The Hall–Kier alpha value is -2.66. The van der Waals surface area contributed by atoms with Crippen molar-refractivity contribution in [2.75, 3.05) is 4.90 Å². The van der Waals surface area contributed by atoms with E-state index in [4.69, 9.17) is 34.8 Å². The minimum atomic E-state index is -0.402. The fourth-order valence-corrected chi connectivity index (χ4v) is 3.62. The first-order valence-corrected chi connectivity index (χ1v) is 9.68. The summed E-state index contributed by atoms with van der Waals surface area (Å²) >= 11 is 18.5. The summed E-state index contributed by atoms with van der Waals surface area (Å²) < 4.78 is 13.4. The number of aliphatic imine (C=N–C) groups is 1. The topological polar surface area (TPSA) is 32.7 Å². The highest BCUT2D eigenvalue weighted by Gasteiger charge is 2.33. The Balaban J connectivity index is 1.86. The lowest BCUT2D eigenvalue weighted by Crippen LogP contribution is -2.32. The Morgan fingerprint density at radius 3 is 2.31 bits per heavy atom. The van der Waals surface area contributed by atoms with Crippen molar-refractivity contribution in [3.8, 4) is 0 Å². The summed E-state index contributed by atoms with van der Waals surface area (Å²) in [6.07, 6.45) is 1.58. The molecule has 1 heterocycles. The van der Waals surface area contributed by atoms with E-state index < -0.39 is 5.82 Å². The van der Waals surface area contributed by atoms with Crippen molar-refractivity contribution in [3.05, 3.63) is 104 Å². The summed E-state index contributed by atoms with van der Waals surface area (Å²) in [5.74, 6) is -0.429. The van der Waals surface area contributed by atoms with Gasteiger partial charge >= 0.3 is 0 Å². The Morgan fingerprint density at radius 2 is 1.62 bits per heavy atom. The Morgan fingerprint density at radius 1 is 0.897 bits per heavy atom. The fourth-order valence-electron chi connectivity index (χ4n) is 2.94. The van der Waals surface area contributed by atoms with E-state index >= 15 is 0 Å². The number of rotatable bonds is 3. The lowest BCUT2D eigenvalue weighted by atomic mass is 10.1. The molecular formula is C22H12Cl3FN2O. The zero-order valence-electron chi connectivity index (χ0n) is 14.7. The van der Waals surface area contributed by atoms with Crippen LogP contribution in [0.5, 0.6) is 0 Å². The summed E-state index contributed by atoms with van der Waals surface area (Å²) in [5, 5.41) is 1.33. The van der Waals surface area contributed by atoms with Gasteiger partial charge in [0.2, 0.25) is 0 Å². The van der Waals surface area contributed by atoms with E-state index in [1.807, 2.05) is 0 Å². The van der Waals surface area contributed by atoms with Gasteiger partial charge in [-0.2, -0.15) is 0 Å². The third-order valence-electron chi connectivity index (χ3n) is 4.31. The van der Waals surface area contributed by atoms with Gasteiger partial charge in [0.15, 0.2) is 0 Å². The molecule has 0 bridgehead atoms. The van der Waals surface area contributed by atoms with Crippen LogP contribution in [0.3, 0.4) is 0 Å². The van der Waals surface area contributed by atoms with Crippen LogP contribution in [0.15, 0.2) is 77.4 Å². The standard InChI is InChI=1S/C22H12Cl3FN2O/c23-14-6-5-13(19(25)12-14)11-20-22(29)28(16-9-7-15(26)8-10-16)21(27-20)17-3-1-2-4-18(17)24/h1-12H/b20-11+. The van der Waals surface area contributed by atoms with Crippen LogP contribution in [0.4, 0.5) is 10.1 Å². The molecule has 144 valence electrons. The van der Waals surface area contributed by atoms with Crippen molar-refractivity contribution in [2.45, 2.75) is 0 Å². The summed E-state index contributed by atoms with van der Waals surface area (Å²) in [6.45, 7) is 0. The van der Waals surface area contributed by atoms with Crippen molar-refractivity contribution < 1.29 is 9.18 Å². The number of hydrogen-bond donors (Lipinski definition) is 0. The molecular weight excluding hydrogens is 434 g/mol. The molecule has 1 aliphatic rings. The first-order valence-electron chi connectivity index (χ1n) is 8.54. The molecule has 3 aromatic rings. The predicted octanol–water partition coefficient (Wildman–Crippen LogP) is 6.62. The number of nitrogens with zero attached hydrogens (tertiary/aromatic N) is 2. The highest BCUT2D eigenvalue weighted by molar-refractivity contribution is 6.40. The van der Waals surface area contributed by atoms with Gasteiger partial charge in [-0.3, -0.25) is 9.69 Å². The van der Waals surface area contributed by atoms with Gasteiger partial charge in [0.25, 0.3) is 5.91 Å². The minimum absolute atomic E-state index is 0.175. The summed E-state index contributed by atoms with van der Waals surface area (Å²) in [5.41, 5.74) is 1.83. The fraction of sp³-hybridized carbons (Fsp3) is 0. The molecule has 0 spiro atoms. The molecule has 0 N–H and O–H groups in total. The van der Waals surface area contributed by atoms with Crippen molar-refractivity contribution >= 4 is 58.3 Å². The van der Waals surface area contributed by atoms with E-state index in [1.165, 1.54) is 29.2 Å². The van der Waals surface area contributed by atoms with Crippen LogP contribution in [-0.4, -0.2) is 11.7 Å². The first-order chi connectivity index (χ1) is 13.9. The number of carbonyl (C=O) groups is 1. The molecule has 3 nitrogen and oxygen atoms in total. The Labute approximate surface area is 181 Å². The normalized spacial score (nSPS) is 15.2. The second-order valence-corrected chi connectivity index (χ2v) is 7.48. The molecule has 0 saturated heterocycles. The van der Waals surface area contributed by atoms with Gasteiger partial charge in [0.05, 0.1) is 10.7 Å². The van der Waals surface area contributed by atoms with E-state index in [1.54, 1.807) is 48.5 Å². The van der Waals surface area contributed by atoms with Gasteiger partial charge in [-0.25, -0.2) is 9.38 Å². The van der Waals surface area contributed by atoms with Gasteiger partial charge in [-0.15, -0.1) is 0 Å². The minimum Gasteiger partial charge on any atom is -0.266 e. The number of carbonyl (C=O) groups excluding carboxylic acids is 1. The number of halogens is 4. The van der Waals surface area contributed by atoms with Crippen LogP contribution < -0.4 is 4.90 Å². The van der Waals surface area contributed by atoms with Crippen LogP contribution in [0, 0.1) is 5.82 Å². The van der Waals surface area contributed by atoms with E-state index in [2.05, 4.69) is 4.99 Å². The van der Waals surface area contributed by atoms with Crippen LogP contribution in [0.1, 0.15) is 11.1 Å². The van der Waals surface area contributed by atoms with Crippen molar-refractivity contribution in [1.82, 2.24) is 0 Å². The SMILES string of the molecule is O=C1/C(=C\c2ccc(Cl)cc2Cl)N=C(c2ccccc2Cl)N1c1ccc(F)cc1. The second kappa shape index (κ2) is 7.99. The van der Waals surface area contributed by atoms with E-state index in [9.17, 15) is 9.18 Å². The lowest BCUT2D eigenvalue weighted by molar-refractivity contribution is -0.113. The second-order valence-electron chi connectivity index (χ2n) is 6.23. The summed E-state index contributed by atoms with van der Waals surface area (Å²) in [7, 11) is 0. The highest BCUT2D eigenvalue weighted by atomic mass is 35.5. The van der Waals surface area contributed by atoms with E-state index in [0.29, 0.717) is 37.7 Å². The molecule has 0 atom stereocenters. The molecule has 0 aliphatic carbocycles. The number of amidine groups is 1. The quantitative estimate of drug-likeness (QED) is 0.417. The van der Waals surface area contributed by atoms with Crippen molar-refractivity contribution in [3.63, 3.8) is 0 Å². The number of hydrogen-bond acceptors (Lipinski definition) is 2. The molecule has 29 heavy (non-hydrogen) atoms. The maximum absolute atomic E-state index is 13.4. The largest absolute Gasteiger partial charge is 0.282 e. The number of benzene rings is 3. The molecule has 1 amide bonds. The van der Waals surface area contributed by atoms with Gasteiger partial charge < -0.3 is 0 Å². The Bertz CT molecular complexity index is 1170. The molecule has 7 heteroatoms. The molecule has 0 fully saturated rings. The average molecular weight is 446 g/mol. The average Bonchev–Trinajstić information content (AvgIpc) is 3.01. The van der Waals surface area contributed by atoms with Crippen molar-refractivity contribution in [2.24, 2.45) is 4.99 Å². The van der Waals surface area contributed by atoms with Crippen LogP contribution >= 0.6 is 34.8 Å². The van der Waals surface area contributed by atoms with Gasteiger partial charge in [-0.05, 0) is 60.2 Å². The van der Waals surface area contributed by atoms with E-state index in [0.717, 1.165) is 0 Å². The number of amides is 1. The van der Waals surface area contributed by atoms with Crippen LogP contribution in [0.2, 0.25) is 15.1 Å². The van der Waals surface area contributed by atoms with Crippen molar-refractivity contribution in [1.29, 1.82) is 0 Å². The molecule has 0 unspecified atom stereocenters. The molecule has 4 rings (SSSR count). The van der Waals surface area contributed by atoms with Gasteiger partial charge in [0.1, 0.15) is 17.3 Å². The summed E-state index contributed by atoms with van der Waals surface area (Å²) in [4.78, 5) is 19.1. The van der Waals surface area contributed by atoms with Crippen LogP contribution in [0.25, 0.3) is 6.08 Å². The zero-order valence-corrected chi connectivity index (χ0v) is 17.0. The first kappa shape index (κ1) is 19.6. The van der Waals surface area contributed by atoms with Crippen LogP contribution in [-0.2, 0) is 4.79 Å². The maximum atomic E-state index is 13.4.